The normalized spacial score (nSPS) is 15.8. The highest BCUT2D eigenvalue weighted by atomic mass is 35.5. The lowest BCUT2D eigenvalue weighted by atomic mass is 10.0. The second-order valence-corrected chi connectivity index (χ2v) is 5.88. The average molecular weight is 320 g/mol. The summed E-state index contributed by atoms with van der Waals surface area (Å²) in [6.07, 6.45) is 5.21. The van der Waals surface area contributed by atoms with E-state index in [1.807, 2.05) is 12.1 Å². The zero-order valence-electron chi connectivity index (χ0n) is 12.4. The van der Waals surface area contributed by atoms with Crippen molar-refractivity contribution in [1.82, 2.24) is 20.1 Å². The molecule has 3 rings (SSSR count). The number of nitrogens with one attached hydrogen (secondary N) is 1. The van der Waals surface area contributed by atoms with E-state index >= 15 is 0 Å². The zero-order valence-corrected chi connectivity index (χ0v) is 13.1. The number of carbonyl (C=O) groups is 1. The van der Waals surface area contributed by atoms with Crippen LogP contribution in [0.4, 0.5) is 5.82 Å². The highest BCUT2D eigenvalue weighted by Gasteiger charge is 2.22. The minimum absolute atomic E-state index is 0.108. The van der Waals surface area contributed by atoms with E-state index in [2.05, 4.69) is 20.3 Å². The Hall–Kier alpha value is -2.08. The second kappa shape index (κ2) is 6.36. The summed E-state index contributed by atoms with van der Waals surface area (Å²) >= 11 is 5.85. The molecular formula is C15H18ClN5O. The molecule has 6 nitrogen and oxygen atoms in total. The predicted molar refractivity (Wildman–Crippen MR) is 85.2 cm³/mol. The summed E-state index contributed by atoms with van der Waals surface area (Å²) in [6.45, 7) is 1.73. The molecule has 2 aromatic heterocycles. The number of aromatic nitrogens is 3. The zero-order chi connectivity index (χ0) is 15.5. The van der Waals surface area contributed by atoms with E-state index in [-0.39, 0.29) is 11.9 Å². The van der Waals surface area contributed by atoms with Crippen molar-refractivity contribution in [3.8, 4) is 0 Å². The van der Waals surface area contributed by atoms with Crippen LogP contribution >= 0.6 is 11.6 Å². The first-order chi connectivity index (χ1) is 10.6. The summed E-state index contributed by atoms with van der Waals surface area (Å²) in [5.74, 6) is 0.822. The fraction of sp³-hybridized carbons (Fsp3) is 0.400. The number of anilines is 1. The molecule has 1 aliphatic heterocycles. The Morgan fingerprint density at radius 1 is 1.32 bits per heavy atom. The molecule has 0 radical (unpaired) electrons. The van der Waals surface area contributed by atoms with Gasteiger partial charge in [-0.2, -0.15) is 5.10 Å². The van der Waals surface area contributed by atoms with Crippen molar-refractivity contribution in [2.75, 3.05) is 18.0 Å². The lowest BCUT2D eigenvalue weighted by Crippen LogP contribution is -2.45. The Bertz CT molecular complexity index is 646. The smallest absolute Gasteiger partial charge is 0.271 e. The Balaban J connectivity index is 1.53. The van der Waals surface area contributed by atoms with Crippen molar-refractivity contribution in [2.45, 2.75) is 18.9 Å². The van der Waals surface area contributed by atoms with Crippen LogP contribution < -0.4 is 10.2 Å². The van der Waals surface area contributed by atoms with Gasteiger partial charge in [0.2, 0.25) is 0 Å². The first kappa shape index (κ1) is 14.8. The number of rotatable bonds is 3. The number of hydrogen-bond donors (Lipinski definition) is 1. The van der Waals surface area contributed by atoms with Gasteiger partial charge in [0.25, 0.3) is 5.91 Å². The number of halogens is 1. The van der Waals surface area contributed by atoms with Gasteiger partial charge in [0.15, 0.2) is 0 Å². The Labute approximate surface area is 134 Å². The summed E-state index contributed by atoms with van der Waals surface area (Å²) in [5.41, 5.74) is 0.462. The monoisotopic (exact) mass is 319 g/mol. The first-order valence-electron chi connectivity index (χ1n) is 7.29. The van der Waals surface area contributed by atoms with Crippen LogP contribution in [0.25, 0.3) is 0 Å². The average Bonchev–Trinajstić information content (AvgIpc) is 2.96. The third kappa shape index (κ3) is 3.39. The van der Waals surface area contributed by atoms with Crippen molar-refractivity contribution in [3.05, 3.63) is 41.3 Å². The third-order valence-corrected chi connectivity index (χ3v) is 4.04. The number of pyridine rings is 1. The van der Waals surface area contributed by atoms with Crippen LogP contribution in [0, 0.1) is 0 Å². The number of hydrogen-bond acceptors (Lipinski definition) is 4. The fourth-order valence-electron chi connectivity index (χ4n) is 2.60. The van der Waals surface area contributed by atoms with E-state index in [1.54, 1.807) is 30.2 Å². The summed E-state index contributed by atoms with van der Waals surface area (Å²) in [5, 5.41) is 7.81. The van der Waals surface area contributed by atoms with Crippen LogP contribution in [-0.2, 0) is 7.05 Å². The van der Waals surface area contributed by atoms with Gasteiger partial charge in [0.1, 0.15) is 11.5 Å². The molecule has 116 valence electrons. The number of carbonyl (C=O) groups excluding carboxylic acids is 1. The molecular weight excluding hydrogens is 302 g/mol. The molecule has 7 heteroatoms. The summed E-state index contributed by atoms with van der Waals surface area (Å²) < 4.78 is 1.63. The molecule has 1 N–H and O–H groups in total. The number of nitrogens with zero attached hydrogens (tertiary/aromatic N) is 4. The standard InChI is InChI=1S/C15H18ClN5O/c1-20-7-6-13(19-20)15(22)18-12-4-8-21(9-5-12)14-3-2-11(16)10-17-14/h2-3,6-7,10,12H,4-5,8-9H2,1H3,(H,18,22). The van der Waals surface area contributed by atoms with Crippen LogP contribution in [0.5, 0.6) is 0 Å². The first-order valence-corrected chi connectivity index (χ1v) is 7.66. The molecule has 0 aromatic carbocycles. The lowest BCUT2D eigenvalue weighted by molar-refractivity contribution is 0.0925. The van der Waals surface area contributed by atoms with E-state index in [4.69, 9.17) is 11.6 Å². The molecule has 1 aliphatic rings. The maximum atomic E-state index is 12.1. The molecule has 0 unspecified atom stereocenters. The van der Waals surface area contributed by atoms with Gasteiger partial charge in [0, 0.05) is 38.6 Å². The maximum absolute atomic E-state index is 12.1. The van der Waals surface area contributed by atoms with Crippen LogP contribution in [-0.4, -0.2) is 39.8 Å². The fourth-order valence-corrected chi connectivity index (χ4v) is 2.72. The molecule has 0 bridgehead atoms. The van der Waals surface area contributed by atoms with E-state index in [0.717, 1.165) is 31.7 Å². The molecule has 22 heavy (non-hydrogen) atoms. The van der Waals surface area contributed by atoms with Gasteiger partial charge in [-0.15, -0.1) is 0 Å². The lowest BCUT2D eigenvalue weighted by Gasteiger charge is -2.33. The SMILES string of the molecule is Cn1ccc(C(=O)NC2CCN(c3ccc(Cl)cn3)CC2)n1. The van der Waals surface area contributed by atoms with Gasteiger partial charge in [-0.3, -0.25) is 9.48 Å². The van der Waals surface area contributed by atoms with Gasteiger partial charge in [-0.1, -0.05) is 11.6 Å². The highest BCUT2D eigenvalue weighted by Crippen LogP contribution is 2.19. The van der Waals surface area contributed by atoms with Gasteiger partial charge in [-0.25, -0.2) is 4.98 Å². The van der Waals surface area contributed by atoms with Gasteiger partial charge < -0.3 is 10.2 Å². The topological polar surface area (TPSA) is 63.1 Å². The molecule has 0 spiro atoms. The second-order valence-electron chi connectivity index (χ2n) is 5.44. The molecule has 1 fully saturated rings. The summed E-state index contributed by atoms with van der Waals surface area (Å²) in [7, 11) is 1.80. The largest absolute Gasteiger partial charge is 0.356 e. The predicted octanol–water partition coefficient (Wildman–Crippen LogP) is 1.87. The van der Waals surface area contributed by atoms with Crippen LogP contribution in [0.1, 0.15) is 23.3 Å². The van der Waals surface area contributed by atoms with E-state index in [0.29, 0.717) is 10.7 Å². The summed E-state index contributed by atoms with van der Waals surface area (Å²) in [6, 6.07) is 5.67. The van der Waals surface area contributed by atoms with E-state index in [9.17, 15) is 4.79 Å². The minimum Gasteiger partial charge on any atom is -0.356 e. The Morgan fingerprint density at radius 3 is 2.68 bits per heavy atom. The number of amides is 1. The Kier molecular flexibility index (Phi) is 4.29. The molecule has 2 aromatic rings. The molecule has 0 atom stereocenters. The number of piperidine rings is 1. The van der Waals surface area contributed by atoms with Gasteiger partial charge in [-0.05, 0) is 31.0 Å². The Morgan fingerprint density at radius 2 is 2.09 bits per heavy atom. The minimum atomic E-state index is -0.108. The van der Waals surface area contributed by atoms with Crippen molar-refractivity contribution >= 4 is 23.3 Å². The van der Waals surface area contributed by atoms with E-state index < -0.39 is 0 Å². The molecule has 3 heterocycles. The molecule has 0 aliphatic carbocycles. The van der Waals surface area contributed by atoms with Crippen molar-refractivity contribution in [2.24, 2.45) is 7.05 Å². The van der Waals surface area contributed by atoms with Crippen LogP contribution in [0.2, 0.25) is 5.02 Å². The third-order valence-electron chi connectivity index (χ3n) is 3.81. The van der Waals surface area contributed by atoms with Crippen LogP contribution in [0.15, 0.2) is 30.6 Å². The van der Waals surface area contributed by atoms with Crippen molar-refractivity contribution in [1.29, 1.82) is 0 Å². The van der Waals surface area contributed by atoms with E-state index in [1.165, 1.54) is 0 Å². The maximum Gasteiger partial charge on any atom is 0.271 e. The molecule has 0 saturated carbocycles. The molecule has 1 amide bonds. The van der Waals surface area contributed by atoms with Crippen molar-refractivity contribution < 1.29 is 4.79 Å². The van der Waals surface area contributed by atoms with Crippen molar-refractivity contribution in [3.63, 3.8) is 0 Å². The quantitative estimate of drug-likeness (QED) is 0.938. The van der Waals surface area contributed by atoms with Gasteiger partial charge >= 0.3 is 0 Å². The highest BCUT2D eigenvalue weighted by molar-refractivity contribution is 6.30. The van der Waals surface area contributed by atoms with Crippen LogP contribution in [0.3, 0.4) is 0 Å². The number of aryl methyl sites for hydroxylation is 1. The molecule has 1 saturated heterocycles. The summed E-state index contributed by atoms with van der Waals surface area (Å²) in [4.78, 5) is 18.6. The van der Waals surface area contributed by atoms with Gasteiger partial charge in [0.05, 0.1) is 5.02 Å².